The summed E-state index contributed by atoms with van der Waals surface area (Å²) in [6.07, 6.45) is 0. The topological polar surface area (TPSA) is 0 Å². The first-order chi connectivity index (χ1) is 6.77. The maximum atomic E-state index is 3.11. The Morgan fingerprint density at radius 2 is 1.93 bits per heavy atom. The normalized spacial score (nSPS) is 10.1. The van der Waals surface area contributed by atoms with Crippen LogP contribution >= 0.6 is 0 Å². The average Bonchev–Trinajstić information content (AvgIpc) is 2.23. The summed E-state index contributed by atoms with van der Waals surface area (Å²) < 4.78 is 0. The highest BCUT2D eigenvalue weighted by Crippen LogP contribution is 2.23. The van der Waals surface area contributed by atoms with Crippen LogP contribution < -0.4 is 0 Å². The fourth-order valence-electron chi connectivity index (χ4n) is 1.61. The van der Waals surface area contributed by atoms with Crippen molar-refractivity contribution in [1.29, 1.82) is 0 Å². The smallest absolute Gasteiger partial charge is 0.0152 e. The first-order valence-electron chi connectivity index (χ1n) is 4.81. The molecule has 1 radical (unpaired) electrons. The molecule has 0 heterocycles. The fraction of sp³-hybridized carbons (Fsp3) is 0.143. The van der Waals surface area contributed by atoms with E-state index in [9.17, 15) is 0 Å². The zero-order valence-corrected chi connectivity index (χ0v) is 8.54. The van der Waals surface area contributed by atoms with Gasteiger partial charge in [0.25, 0.3) is 0 Å². The third kappa shape index (κ3) is 1.69. The lowest BCUT2D eigenvalue weighted by Gasteiger charge is -2.06. The molecule has 0 aromatic heterocycles. The molecule has 0 amide bonds. The number of hydrogen-bond donors (Lipinski definition) is 0. The van der Waals surface area contributed by atoms with Gasteiger partial charge in [0.2, 0.25) is 0 Å². The van der Waals surface area contributed by atoms with Gasteiger partial charge in [-0.25, -0.2) is 0 Å². The highest BCUT2D eigenvalue weighted by atomic mass is 14.0. The molecule has 0 aliphatic heterocycles. The summed E-state index contributed by atoms with van der Waals surface area (Å²) in [4.78, 5) is 0. The maximum absolute atomic E-state index is 3.11. The molecule has 2 aromatic rings. The first kappa shape index (κ1) is 9.01. The van der Waals surface area contributed by atoms with Gasteiger partial charge in [0.1, 0.15) is 0 Å². The maximum Gasteiger partial charge on any atom is -0.0152 e. The van der Waals surface area contributed by atoms with E-state index < -0.39 is 0 Å². The SMILES string of the molecule is Cc1ccc(C)c(-c2c[c]ccc2)c1. The van der Waals surface area contributed by atoms with Crippen molar-refractivity contribution in [1.82, 2.24) is 0 Å². The van der Waals surface area contributed by atoms with Crippen LogP contribution in [0.15, 0.2) is 42.5 Å². The summed E-state index contributed by atoms with van der Waals surface area (Å²) in [5, 5.41) is 0. The minimum Gasteiger partial charge on any atom is -0.0610 e. The van der Waals surface area contributed by atoms with Crippen LogP contribution in [0, 0.1) is 19.9 Å². The zero-order valence-electron chi connectivity index (χ0n) is 8.54. The van der Waals surface area contributed by atoms with E-state index in [0.29, 0.717) is 0 Å². The van der Waals surface area contributed by atoms with E-state index in [-0.39, 0.29) is 0 Å². The predicted molar refractivity (Wildman–Crippen MR) is 60.2 cm³/mol. The molecule has 69 valence electrons. The highest BCUT2D eigenvalue weighted by Gasteiger charge is 2.00. The lowest BCUT2D eigenvalue weighted by molar-refractivity contribution is 1.39. The van der Waals surface area contributed by atoms with Gasteiger partial charge in [0.15, 0.2) is 0 Å². The monoisotopic (exact) mass is 181 g/mol. The van der Waals surface area contributed by atoms with Crippen molar-refractivity contribution in [2.45, 2.75) is 13.8 Å². The van der Waals surface area contributed by atoms with E-state index >= 15 is 0 Å². The van der Waals surface area contributed by atoms with Crippen molar-refractivity contribution in [3.05, 3.63) is 59.7 Å². The van der Waals surface area contributed by atoms with Gasteiger partial charge in [0.05, 0.1) is 0 Å². The van der Waals surface area contributed by atoms with E-state index in [1.807, 2.05) is 18.2 Å². The Morgan fingerprint density at radius 3 is 2.64 bits per heavy atom. The molecule has 0 bridgehead atoms. The van der Waals surface area contributed by atoms with Crippen LogP contribution in [-0.4, -0.2) is 0 Å². The number of aryl methyl sites for hydroxylation is 2. The molecule has 0 saturated heterocycles. The molecule has 0 saturated carbocycles. The Bertz CT molecular complexity index is 427. The lowest BCUT2D eigenvalue weighted by atomic mass is 9.99. The third-order valence-corrected chi connectivity index (χ3v) is 2.41. The molecule has 2 rings (SSSR count). The molecule has 14 heavy (non-hydrogen) atoms. The van der Waals surface area contributed by atoms with Gasteiger partial charge < -0.3 is 0 Å². The Morgan fingerprint density at radius 1 is 1.07 bits per heavy atom. The van der Waals surface area contributed by atoms with E-state index in [2.05, 4.69) is 44.2 Å². The molecule has 0 N–H and O–H groups in total. The fourth-order valence-corrected chi connectivity index (χ4v) is 1.61. The quantitative estimate of drug-likeness (QED) is 0.628. The average molecular weight is 181 g/mol. The second kappa shape index (κ2) is 3.67. The molecular formula is C14H13. The van der Waals surface area contributed by atoms with Gasteiger partial charge >= 0.3 is 0 Å². The minimum atomic E-state index is 1.24. The van der Waals surface area contributed by atoms with Gasteiger partial charge in [-0.1, -0.05) is 42.0 Å². The van der Waals surface area contributed by atoms with Gasteiger partial charge in [-0.05, 0) is 42.7 Å². The summed E-state index contributed by atoms with van der Waals surface area (Å²) in [6, 6.07) is 17.7. The van der Waals surface area contributed by atoms with Crippen LogP contribution in [0.4, 0.5) is 0 Å². The van der Waals surface area contributed by atoms with Crippen molar-refractivity contribution in [2.24, 2.45) is 0 Å². The first-order valence-corrected chi connectivity index (χ1v) is 4.81. The summed E-state index contributed by atoms with van der Waals surface area (Å²) in [7, 11) is 0. The van der Waals surface area contributed by atoms with Crippen LogP contribution in [0.5, 0.6) is 0 Å². The van der Waals surface area contributed by atoms with E-state index in [1.165, 1.54) is 22.3 Å². The van der Waals surface area contributed by atoms with Crippen LogP contribution in [-0.2, 0) is 0 Å². The van der Waals surface area contributed by atoms with Crippen LogP contribution in [0.2, 0.25) is 0 Å². The van der Waals surface area contributed by atoms with E-state index in [4.69, 9.17) is 0 Å². The van der Waals surface area contributed by atoms with Crippen molar-refractivity contribution >= 4 is 0 Å². The van der Waals surface area contributed by atoms with Crippen LogP contribution in [0.25, 0.3) is 11.1 Å². The largest absolute Gasteiger partial charge is 0.0610 e. The molecule has 0 atom stereocenters. The second-order valence-corrected chi connectivity index (χ2v) is 3.61. The minimum absolute atomic E-state index is 1.24. The molecule has 0 nitrogen and oxygen atoms in total. The van der Waals surface area contributed by atoms with E-state index in [1.54, 1.807) is 0 Å². The van der Waals surface area contributed by atoms with Crippen LogP contribution in [0.1, 0.15) is 11.1 Å². The van der Waals surface area contributed by atoms with Crippen molar-refractivity contribution < 1.29 is 0 Å². The lowest BCUT2D eigenvalue weighted by Crippen LogP contribution is -1.84. The van der Waals surface area contributed by atoms with Gasteiger partial charge in [-0.2, -0.15) is 0 Å². The van der Waals surface area contributed by atoms with Crippen molar-refractivity contribution in [3.8, 4) is 11.1 Å². The summed E-state index contributed by atoms with van der Waals surface area (Å²) in [5.74, 6) is 0. The summed E-state index contributed by atoms with van der Waals surface area (Å²) in [6.45, 7) is 4.26. The Kier molecular flexibility index (Phi) is 2.36. The molecule has 0 unspecified atom stereocenters. The molecule has 0 fully saturated rings. The summed E-state index contributed by atoms with van der Waals surface area (Å²) >= 11 is 0. The Balaban J connectivity index is 2.57. The van der Waals surface area contributed by atoms with E-state index in [0.717, 1.165) is 0 Å². The standard InChI is InChI=1S/C14H13/c1-11-8-9-12(2)14(10-11)13-6-4-3-5-7-13/h3-4,6-10H,1-2H3. The van der Waals surface area contributed by atoms with Gasteiger partial charge in [-0.3, -0.25) is 0 Å². The number of rotatable bonds is 1. The predicted octanol–water partition coefficient (Wildman–Crippen LogP) is 3.77. The molecule has 0 heteroatoms. The molecule has 2 aromatic carbocycles. The van der Waals surface area contributed by atoms with Crippen molar-refractivity contribution in [2.75, 3.05) is 0 Å². The Hall–Kier alpha value is -1.56. The number of hydrogen-bond acceptors (Lipinski definition) is 0. The summed E-state index contributed by atoms with van der Waals surface area (Å²) in [5.41, 5.74) is 5.17. The highest BCUT2D eigenvalue weighted by molar-refractivity contribution is 5.67. The molecular weight excluding hydrogens is 168 g/mol. The Labute approximate surface area is 85.2 Å². The van der Waals surface area contributed by atoms with Crippen LogP contribution in [0.3, 0.4) is 0 Å². The van der Waals surface area contributed by atoms with Gasteiger partial charge in [0, 0.05) is 0 Å². The third-order valence-electron chi connectivity index (χ3n) is 2.41. The van der Waals surface area contributed by atoms with Crippen molar-refractivity contribution in [3.63, 3.8) is 0 Å². The second-order valence-electron chi connectivity index (χ2n) is 3.61. The molecule has 0 aliphatic carbocycles. The van der Waals surface area contributed by atoms with Gasteiger partial charge in [-0.15, -0.1) is 0 Å². The number of benzene rings is 2. The zero-order chi connectivity index (χ0) is 9.97. The molecule has 0 aliphatic rings. The molecule has 0 spiro atoms.